The minimum absolute atomic E-state index is 0.0457. The second-order valence-electron chi connectivity index (χ2n) is 4.71. The van der Waals surface area contributed by atoms with Crippen LogP contribution in [-0.4, -0.2) is 28.4 Å². The number of hydrogen-bond acceptors (Lipinski definition) is 5. The summed E-state index contributed by atoms with van der Waals surface area (Å²) in [6, 6.07) is 0. The molecule has 0 aromatic carbocycles. The minimum atomic E-state index is -0.413. The highest BCUT2D eigenvalue weighted by atomic mass is 16.5. The molecule has 7 nitrogen and oxygen atoms in total. The molecule has 0 saturated heterocycles. The zero-order valence-corrected chi connectivity index (χ0v) is 12.6. The summed E-state index contributed by atoms with van der Waals surface area (Å²) >= 11 is 0. The van der Waals surface area contributed by atoms with Gasteiger partial charge in [-0.05, 0) is 20.3 Å². The summed E-state index contributed by atoms with van der Waals surface area (Å²) in [4.78, 5) is 24.1. The van der Waals surface area contributed by atoms with Crippen molar-refractivity contribution < 1.29 is 4.74 Å². The average Bonchev–Trinajstić information content (AvgIpc) is 2.41. The van der Waals surface area contributed by atoms with E-state index >= 15 is 0 Å². The van der Waals surface area contributed by atoms with E-state index in [-0.39, 0.29) is 17.6 Å². The van der Waals surface area contributed by atoms with Crippen LogP contribution in [0.15, 0.2) is 9.59 Å². The first-order valence-electron chi connectivity index (χ1n) is 6.88. The Labute approximate surface area is 118 Å². The smallest absolute Gasteiger partial charge is 0.332 e. The molecule has 0 spiro atoms. The average molecular weight is 284 g/mol. The summed E-state index contributed by atoms with van der Waals surface area (Å²) < 4.78 is 7.88. The molecule has 0 aliphatic carbocycles. The van der Waals surface area contributed by atoms with Gasteiger partial charge in [0.25, 0.3) is 5.56 Å². The highest BCUT2D eigenvalue weighted by Gasteiger charge is 2.15. The van der Waals surface area contributed by atoms with Gasteiger partial charge in [0, 0.05) is 26.7 Å². The van der Waals surface area contributed by atoms with E-state index in [1.807, 2.05) is 20.8 Å². The van der Waals surface area contributed by atoms with Crippen LogP contribution in [0.4, 0.5) is 11.5 Å². The Hall–Kier alpha value is -1.76. The molecule has 0 radical (unpaired) electrons. The summed E-state index contributed by atoms with van der Waals surface area (Å²) in [5, 5.41) is 2.99. The molecule has 7 heteroatoms. The summed E-state index contributed by atoms with van der Waals surface area (Å²) in [7, 11) is 1.45. The first-order valence-corrected chi connectivity index (χ1v) is 6.88. The van der Waals surface area contributed by atoms with E-state index in [9.17, 15) is 9.59 Å². The van der Waals surface area contributed by atoms with Crippen molar-refractivity contribution in [1.29, 1.82) is 0 Å². The normalized spacial score (nSPS) is 12.4. The molecule has 1 aromatic heterocycles. The molecule has 0 saturated carbocycles. The highest BCUT2D eigenvalue weighted by molar-refractivity contribution is 5.60. The predicted octanol–water partition coefficient (Wildman–Crippen LogP) is 0.376. The van der Waals surface area contributed by atoms with Gasteiger partial charge in [0.1, 0.15) is 11.5 Å². The third-order valence-corrected chi connectivity index (χ3v) is 3.05. The molecule has 1 rings (SSSR count). The van der Waals surface area contributed by atoms with Crippen LogP contribution in [0.25, 0.3) is 0 Å². The maximum absolute atomic E-state index is 12.1. The van der Waals surface area contributed by atoms with Crippen molar-refractivity contribution >= 4 is 11.5 Å². The van der Waals surface area contributed by atoms with Crippen LogP contribution in [0.5, 0.6) is 0 Å². The van der Waals surface area contributed by atoms with Crippen LogP contribution in [0.3, 0.4) is 0 Å². The van der Waals surface area contributed by atoms with Gasteiger partial charge in [-0.2, -0.15) is 0 Å². The molecule has 3 N–H and O–H groups in total. The van der Waals surface area contributed by atoms with Gasteiger partial charge in [0.15, 0.2) is 0 Å². The first-order chi connectivity index (χ1) is 9.43. The summed E-state index contributed by atoms with van der Waals surface area (Å²) in [6.45, 7) is 7.30. The van der Waals surface area contributed by atoms with Gasteiger partial charge in [-0.1, -0.05) is 6.92 Å². The molecule has 0 fully saturated rings. The van der Waals surface area contributed by atoms with Crippen molar-refractivity contribution in [2.45, 2.75) is 39.8 Å². The van der Waals surface area contributed by atoms with Crippen molar-refractivity contribution in [3.05, 3.63) is 20.8 Å². The molecule has 0 aliphatic rings. The quantitative estimate of drug-likeness (QED) is 0.755. The van der Waals surface area contributed by atoms with Crippen LogP contribution in [0.1, 0.15) is 27.2 Å². The molecule has 0 amide bonds. The van der Waals surface area contributed by atoms with Crippen molar-refractivity contribution in [2.24, 2.45) is 7.05 Å². The van der Waals surface area contributed by atoms with Gasteiger partial charge in [-0.25, -0.2) is 4.79 Å². The van der Waals surface area contributed by atoms with Crippen LogP contribution in [0.2, 0.25) is 0 Å². The zero-order valence-electron chi connectivity index (χ0n) is 12.6. The number of nitrogen functional groups attached to an aromatic ring is 1. The van der Waals surface area contributed by atoms with Gasteiger partial charge in [0.05, 0.1) is 6.10 Å². The number of nitrogens with two attached hydrogens (primary N) is 1. The molecular formula is C13H24N4O3. The zero-order chi connectivity index (χ0) is 15.3. The predicted molar refractivity (Wildman–Crippen MR) is 80.2 cm³/mol. The lowest BCUT2D eigenvalue weighted by Crippen LogP contribution is -2.41. The lowest BCUT2D eigenvalue weighted by molar-refractivity contribution is 0.0855. The van der Waals surface area contributed by atoms with Gasteiger partial charge in [0.2, 0.25) is 0 Å². The third kappa shape index (κ3) is 3.41. The number of nitrogens with one attached hydrogen (secondary N) is 1. The lowest BCUT2D eigenvalue weighted by atomic mass is 10.3. The number of rotatable bonds is 7. The molecule has 0 aliphatic heterocycles. The van der Waals surface area contributed by atoms with Crippen molar-refractivity contribution in [3.8, 4) is 0 Å². The molecule has 1 unspecified atom stereocenters. The monoisotopic (exact) mass is 284 g/mol. The topological polar surface area (TPSA) is 91.3 Å². The molecule has 1 atom stereocenters. The summed E-state index contributed by atoms with van der Waals surface area (Å²) in [6.07, 6.45) is 0.715. The summed E-state index contributed by atoms with van der Waals surface area (Å²) in [5.74, 6) is 0.184. The molecule has 0 bridgehead atoms. The standard InChI is InChI=1S/C13H24N4O3/c1-5-7-17-11(14)10(12(18)16(4)13(17)19)15-8-9(3)20-6-2/h9,15H,5-8,14H2,1-4H3. The van der Waals surface area contributed by atoms with Crippen molar-refractivity contribution in [3.63, 3.8) is 0 Å². The number of ether oxygens (including phenoxy) is 1. The molecular weight excluding hydrogens is 260 g/mol. The van der Waals surface area contributed by atoms with E-state index in [1.54, 1.807) is 0 Å². The van der Waals surface area contributed by atoms with Crippen LogP contribution >= 0.6 is 0 Å². The second kappa shape index (κ2) is 7.14. The van der Waals surface area contributed by atoms with Gasteiger partial charge in [-0.15, -0.1) is 0 Å². The fourth-order valence-electron chi connectivity index (χ4n) is 1.98. The largest absolute Gasteiger partial charge is 0.383 e. The van der Waals surface area contributed by atoms with E-state index in [1.165, 1.54) is 11.6 Å². The van der Waals surface area contributed by atoms with E-state index in [0.29, 0.717) is 19.7 Å². The minimum Gasteiger partial charge on any atom is -0.383 e. The highest BCUT2D eigenvalue weighted by Crippen LogP contribution is 2.11. The number of anilines is 2. The maximum Gasteiger partial charge on any atom is 0.332 e. The van der Waals surface area contributed by atoms with Crippen LogP contribution < -0.4 is 22.3 Å². The first kappa shape index (κ1) is 16.3. The lowest BCUT2D eigenvalue weighted by Gasteiger charge is -2.17. The second-order valence-corrected chi connectivity index (χ2v) is 4.71. The fraction of sp³-hybridized carbons (Fsp3) is 0.692. The SMILES string of the molecule is CCCn1c(N)c(NCC(C)OCC)c(=O)n(C)c1=O. The van der Waals surface area contributed by atoms with E-state index < -0.39 is 11.2 Å². The number of aromatic nitrogens is 2. The van der Waals surface area contributed by atoms with Crippen molar-refractivity contribution in [2.75, 3.05) is 24.2 Å². The van der Waals surface area contributed by atoms with E-state index in [4.69, 9.17) is 10.5 Å². The van der Waals surface area contributed by atoms with Gasteiger partial charge < -0.3 is 15.8 Å². The number of hydrogen-bond donors (Lipinski definition) is 2. The fourth-order valence-corrected chi connectivity index (χ4v) is 1.98. The maximum atomic E-state index is 12.1. The Morgan fingerprint density at radius 3 is 2.55 bits per heavy atom. The Morgan fingerprint density at radius 2 is 2.00 bits per heavy atom. The Bertz CT molecular complexity index is 562. The summed E-state index contributed by atoms with van der Waals surface area (Å²) in [5.41, 5.74) is 5.40. The molecule has 1 heterocycles. The Balaban J connectivity index is 3.13. The Kier molecular flexibility index (Phi) is 5.82. The van der Waals surface area contributed by atoms with E-state index in [0.717, 1.165) is 11.0 Å². The van der Waals surface area contributed by atoms with Gasteiger partial charge >= 0.3 is 5.69 Å². The molecule has 114 valence electrons. The molecule has 20 heavy (non-hydrogen) atoms. The van der Waals surface area contributed by atoms with E-state index in [2.05, 4.69) is 5.32 Å². The van der Waals surface area contributed by atoms with Gasteiger partial charge in [-0.3, -0.25) is 13.9 Å². The molecule has 1 aromatic rings. The number of nitrogens with zero attached hydrogens (tertiary/aromatic N) is 2. The Morgan fingerprint density at radius 1 is 1.35 bits per heavy atom. The van der Waals surface area contributed by atoms with Crippen LogP contribution in [-0.2, 0) is 18.3 Å². The third-order valence-electron chi connectivity index (χ3n) is 3.05. The van der Waals surface area contributed by atoms with Crippen molar-refractivity contribution in [1.82, 2.24) is 9.13 Å². The van der Waals surface area contributed by atoms with Crippen LogP contribution in [0, 0.1) is 0 Å².